The number of carbonyl (C=O) groups excluding carboxylic acids is 1. The van der Waals surface area contributed by atoms with Crippen molar-refractivity contribution in [3.8, 4) is 0 Å². The Labute approximate surface area is 89.5 Å². The molecule has 1 N–H and O–H groups in total. The molecule has 0 atom stereocenters. The van der Waals surface area contributed by atoms with Gasteiger partial charge in [-0.1, -0.05) is 0 Å². The number of nitrogens with one attached hydrogen (secondary N) is 1. The molecule has 0 aliphatic rings. The van der Waals surface area contributed by atoms with Gasteiger partial charge in [0.2, 0.25) is 0 Å². The molecule has 0 amide bonds. The smallest absolute Gasteiger partial charge is 0.261 e. The van der Waals surface area contributed by atoms with Gasteiger partial charge in [0.25, 0.3) is 9.05 Å². The first-order valence-electron chi connectivity index (χ1n) is 3.89. The van der Waals surface area contributed by atoms with Crippen molar-refractivity contribution in [1.29, 1.82) is 0 Å². The molecule has 0 radical (unpaired) electrons. The number of imidazole rings is 1. The first-order chi connectivity index (χ1) is 7.02. The standard InChI is InChI=1S/C8H5ClN2O3S/c9-15(13,14)6-1-5(3-12)8-7(2-6)10-4-11-8/h1-4H,(H,10,11). The van der Waals surface area contributed by atoms with Gasteiger partial charge < -0.3 is 4.98 Å². The summed E-state index contributed by atoms with van der Waals surface area (Å²) >= 11 is 0. The Morgan fingerprint density at radius 2 is 2.13 bits per heavy atom. The van der Waals surface area contributed by atoms with Crippen molar-refractivity contribution in [1.82, 2.24) is 9.97 Å². The average molecular weight is 245 g/mol. The van der Waals surface area contributed by atoms with Crippen molar-refractivity contribution in [3.63, 3.8) is 0 Å². The van der Waals surface area contributed by atoms with Crippen LogP contribution in [-0.2, 0) is 9.05 Å². The summed E-state index contributed by atoms with van der Waals surface area (Å²) in [5.41, 5.74) is 1.07. The molecule has 1 aromatic carbocycles. The second-order valence-electron chi connectivity index (χ2n) is 2.87. The van der Waals surface area contributed by atoms with Crippen molar-refractivity contribution in [2.75, 3.05) is 0 Å². The van der Waals surface area contributed by atoms with Crippen LogP contribution >= 0.6 is 10.7 Å². The van der Waals surface area contributed by atoms with Gasteiger partial charge in [0.1, 0.15) is 0 Å². The number of rotatable bonds is 2. The average Bonchev–Trinajstić information content (AvgIpc) is 2.62. The third-order valence-corrected chi connectivity index (χ3v) is 3.27. The van der Waals surface area contributed by atoms with Gasteiger partial charge in [-0.2, -0.15) is 0 Å². The molecule has 1 heterocycles. The van der Waals surface area contributed by atoms with Crippen molar-refractivity contribution in [3.05, 3.63) is 24.0 Å². The number of halogens is 1. The molecular weight excluding hydrogens is 240 g/mol. The van der Waals surface area contributed by atoms with Crippen molar-refractivity contribution >= 4 is 37.1 Å². The molecule has 0 aliphatic carbocycles. The topological polar surface area (TPSA) is 79.9 Å². The molecule has 0 aliphatic heterocycles. The van der Waals surface area contributed by atoms with Gasteiger partial charge >= 0.3 is 0 Å². The summed E-state index contributed by atoms with van der Waals surface area (Å²) in [5, 5.41) is 0. The fourth-order valence-corrected chi connectivity index (χ4v) is 2.07. The lowest BCUT2D eigenvalue weighted by molar-refractivity contribution is 0.112. The summed E-state index contributed by atoms with van der Waals surface area (Å²) < 4.78 is 22.2. The third-order valence-electron chi connectivity index (χ3n) is 1.94. The van der Waals surface area contributed by atoms with E-state index < -0.39 is 9.05 Å². The van der Waals surface area contributed by atoms with Crippen LogP contribution in [0.5, 0.6) is 0 Å². The summed E-state index contributed by atoms with van der Waals surface area (Å²) in [6, 6.07) is 2.52. The van der Waals surface area contributed by atoms with Gasteiger partial charge in [-0.25, -0.2) is 13.4 Å². The largest absolute Gasteiger partial charge is 0.345 e. The molecule has 1 aromatic heterocycles. The molecule has 0 saturated heterocycles. The van der Waals surface area contributed by atoms with Crippen LogP contribution < -0.4 is 0 Å². The lowest BCUT2D eigenvalue weighted by Crippen LogP contribution is -1.93. The van der Waals surface area contributed by atoms with Crippen LogP contribution in [-0.4, -0.2) is 24.7 Å². The molecule has 2 aromatic rings. The van der Waals surface area contributed by atoms with Gasteiger partial charge in [0.15, 0.2) is 6.29 Å². The molecule has 0 fully saturated rings. The number of aromatic amines is 1. The Balaban J connectivity index is 2.86. The third kappa shape index (κ3) is 1.73. The molecule has 78 valence electrons. The Morgan fingerprint density at radius 1 is 1.40 bits per heavy atom. The minimum atomic E-state index is -3.84. The number of aromatic nitrogens is 2. The van der Waals surface area contributed by atoms with Crippen molar-refractivity contribution in [2.45, 2.75) is 4.90 Å². The van der Waals surface area contributed by atoms with Gasteiger partial charge in [-0.15, -0.1) is 0 Å². The molecular formula is C8H5ClN2O3S. The highest BCUT2D eigenvalue weighted by Crippen LogP contribution is 2.22. The van der Waals surface area contributed by atoms with E-state index >= 15 is 0 Å². The van der Waals surface area contributed by atoms with Crippen LogP contribution in [0.15, 0.2) is 23.4 Å². The first kappa shape index (κ1) is 10.1. The van der Waals surface area contributed by atoms with Crippen LogP contribution in [0.2, 0.25) is 0 Å². The molecule has 15 heavy (non-hydrogen) atoms. The zero-order valence-corrected chi connectivity index (χ0v) is 8.84. The number of H-pyrrole nitrogens is 1. The Morgan fingerprint density at radius 3 is 2.73 bits per heavy atom. The molecule has 0 unspecified atom stereocenters. The van der Waals surface area contributed by atoms with E-state index in [1.807, 2.05) is 0 Å². The maximum Gasteiger partial charge on any atom is 0.261 e. The van der Waals surface area contributed by atoms with Crippen molar-refractivity contribution in [2.24, 2.45) is 0 Å². The SMILES string of the molecule is O=Cc1cc(S(=O)(=O)Cl)cc2[nH]cnc12. The Kier molecular flexibility index (Phi) is 2.24. The van der Waals surface area contributed by atoms with E-state index in [4.69, 9.17) is 10.7 Å². The minimum Gasteiger partial charge on any atom is -0.345 e. The van der Waals surface area contributed by atoms with Gasteiger partial charge in [0.05, 0.1) is 22.3 Å². The lowest BCUT2D eigenvalue weighted by Gasteiger charge is -1.98. The highest BCUT2D eigenvalue weighted by Gasteiger charge is 2.14. The number of hydrogen-bond donors (Lipinski definition) is 1. The molecule has 0 bridgehead atoms. The van der Waals surface area contributed by atoms with E-state index in [-0.39, 0.29) is 10.5 Å². The summed E-state index contributed by atoms with van der Waals surface area (Å²) in [7, 11) is 1.34. The van der Waals surface area contributed by atoms with E-state index in [0.717, 1.165) is 0 Å². The maximum atomic E-state index is 11.1. The predicted molar refractivity (Wildman–Crippen MR) is 54.5 cm³/mol. The van der Waals surface area contributed by atoms with Crippen LogP contribution in [0.1, 0.15) is 10.4 Å². The van der Waals surface area contributed by atoms with Crippen LogP contribution in [0.25, 0.3) is 11.0 Å². The number of benzene rings is 1. The highest BCUT2D eigenvalue weighted by molar-refractivity contribution is 8.13. The van der Waals surface area contributed by atoms with Crippen molar-refractivity contribution < 1.29 is 13.2 Å². The van der Waals surface area contributed by atoms with Gasteiger partial charge in [0, 0.05) is 16.2 Å². The Bertz CT molecular complexity index is 632. The number of hydrogen-bond acceptors (Lipinski definition) is 4. The summed E-state index contributed by atoms with van der Waals surface area (Å²) in [6.07, 6.45) is 1.91. The quantitative estimate of drug-likeness (QED) is 0.638. The fourth-order valence-electron chi connectivity index (χ4n) is 1.28. The van der Waals surface area contributed by atoms with E-state index in [9.17, 15) is 13.2 Å². The molecule has 0 spiro atoms. The lowest BCUT2D eigenvalue weighted by atomic mass is 10.2. The zero-order valence-electron chi connectivity index (χ0n) is 7.27. The monoisotopic (exact) mass is 244 g/mol. The molecule has 7 heteroatoms. The number of fused-ring (bicyclic) bond motifs is 1. The summed E-state index contributed by atoms with van der Waals surface area (Å²) in [5.74, 6) is 0. The predicted octanol–water partition coefficient (Wildman–Crippen LogP) is 1.30. The Hall–Kier alpha value is -1.40. The second-order valence-corrected chi connectivity index (χ2v) is 5.43. The number of aldehydes is 1. The van der Waals surface area contributed by atoms with Crippen LogP contribution in [0.4, 0.5) is 0 Å². The highest BCUT2D eigenvalue weighted by atomic mass is 35.7. The van der Waals surface area contributed by atoms with Gasteiger partial charge in [-0.3, -0.25) is 4.79 Å². The van der Waals surface area contributed by atoms with E-state index in [1.54, 1.807) is 0 Å². The molecule has 0 saturated carbocycles. The first-order valence-corrected chi connectivity index (χ1v) is 6.20. The number of nitrogens with zero attached hydrogens (tertiary/aromatic N) is 1. The van der Waals surface area contributed by atoms with E-state index in [0.29, 0.717) is 17.3 Å². The number of carbonyl (C=O) groups is 1. The molecule has 5 nitrogen and oxygen atoms in total. The van der Waals surface area contributed by atoms with Gasteiger partial charge in [-0.05, 0) is 12.1 Å². The summed E-state index contributed by atoms with van der Waals surface area (Å²) in [4.78, 5) is 17.2. The fraction of sp³-hybridized carbons (Fsp3) is 0. The maximum absolute atomic E-state index is 11.1. The normalized spacial score (nSPS) is 11.8. The van der Waals surface area contributed by atoms with E-state index in [1.165, 1.54) is 18.5 Å². The van der Waals surface area contributed by atoms with Crippen LogP contribution in [0.3, 0.4) is 0 Å². The zero-order chi connectivity index (χ0) is 11.1. The molecule has 2 rings (SSSR count). The second kappa shape index (κ2) is 3.32. The summed E-state index contributed by atoms with van der Waals surface area (Å²) in [6.45, 7) is 0. The van der Waals surface area contributed by atoms with E-state index in [2.05, 4.69) is 9.97 Å². The minimum absolute atomic E-state index is 0.122. The van der Waals surface area contributed by atoms with Crippen LogP contribution in [0, 0.1) is 0 Å².